The van der Waals surface area contributed by atoms with Gasteiger partial charge in [-0.1, -0.05) is 18.5 Å². The van der Waals surface area contributed by atoms with Crippen LogP contribution in [0.5, 0.6) is 0 Å². The number of hydrogen-bond donors (Lipinski definition) is 1. The molecule has 0 fully saturated rings. The number of rotatable bonds is 3. The number of benzene rings is 1. The van der Waals surface area contributed by atoms with E-state index in [4.69, 9.17) is 11.6 Å². The lowest BCUT2D eigenvalue weighted by Crippen LogP contribution is -2.05. The fourth-order valence-electron chi connectivity index (χ4n) is 1.44. The average molecular weight is 241 g/mol. The van der Waals surface area contributed by atoms with Gasteiger partial charge in [-0.25, -0.2) is 0 Å². The van der Waals surface area contributed by atoms with Crippen LogP contribution in [0.25, 0.3) is 0 Å². The second-order valence-corrected chi connectivity index (χ2v) is 4.95. The Balaban J connectivity index is 2.26. The monoisotopic (exact) mass is 240 g/mol. The molecule has 0 amide bonds. The zero-order valence-electron chi connectivity index (χ0n) is 8.59. The van der Waals surface area contributed by atoms with E-state index in [9.17, 15) is 0 Å². The van der Waals surface area contributed by atoms with E-state index >= 15 is 0 Å². The normalized spacial score (nSPS) is 13.5. The molecule has 4 heteroatoms. The molecule has 0 aromatic heterocycles. The van der Waals surface area contributed by atoms with Crippen molar-refractivity contribution in [2.75, 3.05) is 11.1 Å². The minimum absolute atomic E-state index is 0.749. The van der Waals surface area contributed by atoms with Crippen LogP contribution in [-0.4, -0.2) is 12.1 Å². The molecule has 1 aliphatic rings. The SMILES string of the molecule is CCCSc1cc2c(cc1Cl)NC=NC2. The van der Waals surface area contributed by atoms with Gasteiger partial charge >= 0.3 is 0 Å². The number of aliphatic imine (C=N–C) groups is 1. The Labute approximate surface area is 99.1 Å². The van der Waals surface area contributed by atoms with Crippen LogP contribution in [0.2, 0.25) is 5.02 Å². The van der Waals surface area contributed by atoms with Crippen molar-refractivity contribution in [2.24, 2.45) is 4.99 Å². The van der Waals surface area contributed by atoms with E-state index in [1.54, 1.807) is 6.34 Å². The summed E-state index contributed by atoms with van der Waals surface area (Å²) in [7, 11) is 0. The van der Waals surface area contributed by atoms with Crippen molar-refractivity contribution in [3.05, 3.63) is 22.7 Å². The predicted molar refractivity (Wildman–Crippen MR) is 68.3 cm³/mol. The van der Waals surface area contributed by atoms with Crippen molar-refractivity contribution in [1.29, 1.82) is 0 Å². The van der Waals surface area contributed by atoms with Gasteiger partial charge in [-0.05, 0) is 29.9 Å². The maximum absolute atomic E-state index is 6.19. The highest BCUT2D eigenvalue weighted by atomic mass is 35.5. The number of hydrogen-bond acceptors (Lipinski definition) is 3. The molecule has 1 aliphatic heterocycles. The summed E-state index contributed by atoms with van der Waals surface area (Å²) in [5, 5.41) is 3.93. The molecule has 0 saturated heterocycles. The zero-order valence-corrected chi connectivity index (χ0v) is 10.2. The molecule has 1 aromatic carbocycles. The van der Waals surface area contributed by atoms with Crippen molar-refractivity contribution in [3.8, 4) is 0 Å². The van der Waals surface area contributed by atoms with Gasteiger partial charge in [0.2, 0.25) is 0 Å². The van der Waals surface area contributed by atoms with Crippen molar-refractivity contribution in [3.63, 3.8) is 0 Å². The first kappa shape index (κ1) is 10.8. The lowest BCUT2D eigenvalue weighted by Gasteiger charge is -2.14. The molecule has 15 heavy (non-hydrogen) atoms. The molecule has 0 radical (unpaired) electrons. The molecule has 0 bridgehead atoms. The summed E-state index contributed by atoms with van der Waals surface area (Å²) in [6, 6.07) is 4.13. The van der Waals surface area contributed by atoms with Crippen molar-refractivity contribution >= 4 is 35.4 Å². The molecule has 0 unspecified atom stereocenters. The quantitative estimate of drug-likeness (QED) is 0.813. The van der Waals surface area contributed by atoms with Crippen LogP contribution in [0.15, 0.2) is 22.0 Å². The number of halogens is 1. The van der Waals surface area contributed by atoms with E-state index in [2.05, 4.69) is 23.3 Å². The van der Waals surface area contributed by atoms with Crippen molar-refractivity contribution < 1.29 is 0 Å². The Bertz CT molecular complexity index is 390. The Morgan fingerprint density at radius 3 is 3.20 bits per heavy atom. The molecule has 1 heterocycles. The first-order valence-electron chi connectivity index (χ1n) is 5.01. The van der Waals surface area contributed by atoms with Gasteiger partial charge < -0.3 is 5.32 Å². The molecule has 80 valence electrons. The minimum atomic E-state index is 0.749. The van der Waals surface area contributed by atoms with E-state index in [0.717, 1.165) is 34.3 Å². The average Bonchev–Trinajstić information content (AvgIpc) is 2.26. The fraction of sp³-hybridized carbons (Fsp3) is 0.364. The largest absolute Gasteiger partial charge is 0.346 e. The maximum Gasteiger partial charge on any atom is 0.0872 e. The number of nitrogens with one attached hydrogen (secondary N) is 1. The third-order valence-corrected chi connectivity index (χ3v) is 3.88. The van der Waals surface area contributed by atoms with Gasteiger partial charge in [-0.3, -0.25) is 4.99 Å². The van der Waals surface area contributed by atoms with Gasteiger partial charge in [0.1, 0.15) is 0 Å². The van der Waals surface area contributed by atoms with Crippen LogP contribution in [0.1, 0.15) is 18.9 Å². The van der Waals surface area contributed by atoms with Crippen LogP contribution in [0.3, 0.4) is 0 Å². The summed E-state index contributed by atoms with van der Waals surface area (Å²) in [4.78, 5) is 5.34. The molecular formula is C11H13ClN2S. The molecule has 0 saturated carbocycles. The second kappa shape index (κ2) is 4.90. The third-order valence-electron chi connectivity index (χ3n) is 2.19. The van der Waals surface area contributed by atoms with Gasteiger partial charge in [0, 0.05) is 10.6 Å². The van der Waals surface area contributed by atoms with Gasteiger partial charge in [-0.15, -0.1) is 11.8 Å². The lowest BCUT2D eigenvalue weighted by atomic mass is 10.1. The minimum Gasteiger partial charge on any atom is -0.346 e. The van der Waals surface area contributed by atoms with Gasteiger partial charge in [-0.2, -0.15) is 0 Å². The number of fused-ring (bicyclic) bond motifs is 1. The standard InChI is InChI=1S/C11H13ClN2S/c1-2-3-15-11-4-8-6-13-7-14-10(8)5-9(11)12/h4-5,7H,2-3,6H2,1H3,(H,13,14). The van der Waals surface area contributed by atoms with Gasteiger partial charge in [0.15, 0.2) is 0 Å². The fourth-order valence-corrected chi connectivity index (χ4v) is 2.62. The Morgan fingerprint density at radius 2 is 2.40 bits per heavy atom. The second-order valence-electron chi connectivity index (χ2n) is 3.40. The molecule has 2 nitrogen and oxygen atoms in total. The highest BCUT2D eigenvalue weighted by Gasteiger charge is 2.10. The van der Waals surface area contributed by atoms with Crippen LogP contribution >= 0.6 is 23.4 Å². The van der Waals surface area contributed by atoms with E-state index in [-0.39, 0.29) is 0 Å². The highest BCUT2D eigenvalue weighted by molar-refractivity contribution is 7.99. The molecule has 1 N–H and O–H groups in total. The van der Waals surface area contributed by atoms with E-state index in [1.165, 1.54) is 5.56 Å². The molecule has 0 atom stereocenters. The van der Waals surface area contributed by atoms with Crippen LogP contribution in [-0.2, 0) is 6.54 Å². The summed E-state index contributed by atoms with van der Waals surface area (Å²) < 4.78 is 0. The van der Waals surface area contributed by atoms with Crippen molar-refractivity contribution in [2.45, 2.75) is 24.8 Å². The summed E-state index contributed by atoms with van der Waals surface area (Å²) in [5.74, 6) is 1.11. The summed E-state index contributed by atoms with van der Waals surface area (Å²) in [6.45, 7) is 2.92. The lowest BCUT2D eigenvalue weighted by molar-refractivity contribution is 1.05. The van der Waals surface area contributed by atoms with Gasteiger partial charge in [0.25, 0.3) is 0 Å². The topological polar surface area (TPSA) is 24.4 Å². The first-order chi connectivity index (χ1) is 7.31. The van der Waals surface area contributed by atoms with E-state index in [0.29, 0.717) is 0 Å². The summed E-state index contributed by atoms with van der Waals surface area (Å²) in [6.07, 6.45) is 2.88. The molecule has 0 aliphatic carbocycles. The van der Waals surface area contributed by atoms with E-state index in [1.807, 2.05) is 17.8 Å². The van der Waals surface area contributed by atoms with E-state index < -0.39 is 0 Å². The number of thioether (sulfide) groups is 1. The Hall–Kier alpha value is -0.670. The van der Waals surface area contributed by atoms with Crippen LogP contribution in [0, 0.1) is 0 Å². The molecule has 1 aromatic rings. The summed E-state index contributed by atoms with van der Waals surface area (Å²) in [5.41, 5.74) is 2.30. The van der Waals surface area contributed by atoms with Crippen molar-refractivity contribution in [1.82, 2.24) is 0 Å². The maximum atomic E-state index is 6.19. The predicted octanol–water partition coefficient (Wildman–Crippen LogP) is 3.80. The van der Waals surface area contributed by atoms with Crippen LogP contribution in [0.4, 0.5) is 5.69 Å². The number of nitrogens with zero attached hydrogens (tertiary/aromatic N) is 1. The third kappa shape index (κ3) is 2.47. The zero-order chi connectivity index (χ0) is 10.7. The van der Waals surface area contributed by atoms with Crippen LogP contribution < -0.4 is 5.32 Å². The molecule has 2 rings (SSSR count). The Kier molecular flexibility index (Phi) is 3.54. The summed E-state index contributed by atoms with van der Waals surface area (Å²) >= 11 is 8.00. The smallest absolute Gasteiger partial charge is 0.0872 e. The van der Waals surface area contributed by atoms with Gasteiger partial charge in [0.05, 0.1) is 17.9 Å². The molecule has 0 spiro atoms. The highest BCUT2D eigenvalue weighted by Crippen LogP contribution is 2.33. The Morgan fingerprint density at radius 1 is 1.53 bits per heavy atom. The number of anilines is 1. The first-order valence-corrected chi connectivity index (χ1v) is 6.37. The molecular weight excluding hydrogens is 228 g/mol.